The molecule has 0 spiro atoms. The van der Waals surface area contributed by atoms with Crippen molar-refractivity contribution < 1.29 is 9.90 Å². The van der Waals surface area contributed by atoms with Crippen molar-refractivity contribution in [3.05, 3.63) is 59.7 Å². The molecule has 2 rings (SSSR count). The third-order valence-corrected chi connectivity index (χ3v) is 3.57. The molecule has 0 atom stereocenters. The molecule has 3 nitrogen and oxygen atoms in total. The molecule has 0 bridgehead atoms. The maximum absolute atomic E-state index is 12.2. The van der Waals surface area contributed by atoms with Gasteiger partial charge in [-0.1, -0.05) is 24.0 Å². The number of para-hydroxylation sites is 1. The Morgan fingerprint density at radius 2 is 1.90 bits per heavy atom. The average Bonchev–Trinajstić information content (AvgIpc) is 2.54. The van der Waals surface area contributed by atoms with Crippen LogP contribution < -0.4 is 5.32 Å². The summed E-state index contributed by atoms with van der Waals surface area (Å²) in [6.07, 6.45) is 1.99. The molecule has 0 heterocycles. The Morgan fingerprint density at radius 1 is 1.19 bits per heavy atom. The Morgan fingerprint density at radius 3 is 2.57 bits per heavy atom. The molecule has 2 N–H and O–H groups in total. The maximum atomic E-state index is 12.2. The predicted octanol–water partition coefficient (Wildman–Crippen LogP) is 3.00. The summed E-state index contributed by atoms with van der Waals surface area (Å²) in [5, 5.41) is 11.6. The van der Waals surface area contributed by atoms with E-state index in [0.29, 0.717) is 16.8 Å². The zero-order valence-corrected chi connectivity index (χ0v) is 12.4. The van der Waals surface area contributed by atoms with Crippen molar-refractivity contribution >= 4 is 23.4 Å². The molecule has 4 heteroatoms. The smallest absolute Gasteiger partial charge is 0.255 e. The SMILES string of the molecule is CSc1ccc(C(=O)Nc2ccccc2C#CCO)cc1. The molecular weight excluding hydrogens is 282 g/mol. The molecule has 0 aliphatic heterocycles. The highest BCUT2D eigenvalue weighted by atomic mass is 32.2. The van der Waals surface area contributed by atoms with Gasteiger partial charge in [-0.2, -0.15) is 0 Å². The molecule has 0 radical (unpaired) electrons. The molecule has 0 aromatic heterocycles. The van der Waals surface area contributed by atoms with Crippen molar-refractivity contribution in [3.8, 4) is 11.8 Å². The van der Waals surface area contributed by atoms with Crippen LogP contribution in [0.25, 0.3) is 0 Å². The molecule has 2 aromatic rings. The minimum atomic E-state index is -0.210. The lowest BCUT2D eigenvalue weighted by atomic mass is 10.1. The minimum absolute atomic E-state index is 0.180. The first kappa shape index (κ1) is 15.2. The zero-order valence-electron chi connectivity index (χ0n) is 11.6. The second-order valence-electron chi connectivity index (χ2n) is 4.19. The van der Waals surface area contributed by atoms with E-state index < -0.39 is 0 Å². The summed E-state index contributed by atoms with van der Waals surface area (Å²) in [7, 11) is 0. The highest BCUT2D eigenvalue weighted by Gasteiger charge is 2.08. The summed E-state index contributed by atoms with van der Waals surface area (Å²) in [5.74, 6) is 5.22. The number of benzene rings is 2. The third kappa shape index (κ3) is 4.12. The van der Waals surface area contributed by atoms with Gasteiger partial charge in [0.05, 0.1) is 5.69 Å². The molecular formula is C17H15NO2S. The van der Waals surface area contributed by atoms with Crippen LogP contribution in [-0.4, -0.2) is 23.9 Å². The molecule has 1 amide bonds. The van der Waals surface area contributed by atoms with E-state index in [1.165, 1.54) is 0 Å². The number of thioether (sulfide) groups is 1. The molecule has 0 fully saturated rings. The van der Waals surface area contributed by atoms with Crippen LogP contribution in [-0.2, 0) is 0 Å². The van der Waals surface area contributed by atoms with Crippen molar-refractivity contribution in [3.63, 3.8) is 0 Å². The van der Waals surface area contributed by atoms with E-state index in [0.717, 1.165) is 4.90 Å². The quantitative estimate of drug-likeness (QED) is 0.676. The molecule has 0 unspecified atom stereocenters. The Labute approximate surface area is 128 Å². The number of rotatable bonds is 3. The zero-order chi connectivity index (χ0) is 15.1. The predicted molar refractivity (Wildman–Crippen MR) is 86.6 cm³/mol. The average molecular weight is 297 g/mol. The first-order chi connectivity index (χ1) is 10.2. The van der Waals surface area contributed by atoms with Crippen molar-refractivity contribution in [1.29, 1.82) is 0 Å². The summed E-state index contributed by atoms with van der Waals surface area (Å²) < 4.78 is 0. The van der Waals surface area contributed by atoms with Gasteiger partial charge >= 0.3 is 0 Å². The second kappa shape index (κ2) is 7.53. The van der Waals surface area contributed by atoms with Gasteiger partial charge in [0.1, 0.15) is 6.61 Å². The van der Waals surface area contributed by atoms with E-state index in [2.05, 4.69) is 17.2 Å². The van der Waals surface area contributed by atoms with Gasteiger partial charge < -0.3 is 10.4 Å². The fourth-order valence-electron chi connectivity index (χ4n) is 1.77. The van der Waals surface area contributed by atoms with Crippen LogP contribution >= 0.6 is 11.8 Å². The van der Waals surface area contributed by atoms with E-state index in [9.17, 15) is 4.79 Å². The number of aliphatic hydroxyl groups excluding tert-OH is 1. The fourth-order valence-corrected chi connectivity index (χ4v) is 2.18. The Bertz CT molecular complexity index is 684. The lowest BCUT2D eigenvalue weighted by molar-refractivity contribution is 0.102. The third-order valence-electron chi connectivity index (χ3n) is 2.83. The minimum Gasteiger partial charge on any atom is -0.384 e. The molecule has 0 aliphatic rings. The molecule has 0 saturated heterocycles. The Balaban J connectivity index is 2.19. The standard InChI is InChI=1S/C17H15NO2S/c1-21-15-10-8-14(9-11-15)17(20)18-16-7-3-2-5-13(16)6-4-12-19/h2-3,5,7-11,19H,12H2,1H3,(H,18,20). The lowest BCUT2D eigenvalue weighted by Gasteiger charge is -2.08. The molecule has 106 valence electrons. The summed E-state index contributed by atoms with van der Waals surface area (Å²) in [6.45, 7) is -0.210. The fraction of sp³-hybridized carbons (Fsp3) is 0.118. The highest BCUT2D eigenvalue weighted by molar-refractivity contribution is 7.98. The summed E-state index contributed by atoms with van der Waals surface area (Å²) in [6, 6.07) is 14.7. The summed E-state index contributed by atoms with van der Waals surface area (Å²) in [5.41, 5.74) is 1.91. The summed E-state index contributed by atoms with van der Waals surface area (Å²) >= 11 is 1.63. The van der Waals surface area contributed by atoms with Gasteiger partial charge in [-0.15, -0.1) is 11.8 Å². The van der Waals surface area contributed by atoms with E-state index in [1.807, 2.05) is 30.5 Å². The number of aliphatic hydroxyl groups is 1. The number of nitrogens with one attached hydrogen (secondary N) is 1. The van der Waals surface area contributed by atoms with Gasteiger partial charge in [-0.3, -0.25) is 4.79 Å². The van der Waals surface area contributed by atoms with Crippen LogP contribution in [0.15, 0.2) is 53.4 Å². The van der Waals surface area contributed by atoms with Crippen LogP contribution in [0, 0.1) is 11.8 Å². The molecule has 2 aromatic carbocycles. The van der Waals surface area contributed by atoms with E-state index >= 15 is 0 Å². The molecule has 21 heavy (non-hydrogen) atoms. The topological polar surface area (TPSA) is 49.3 Å². The monoisotopic (exact) mass is 297 g/mol. The van der Waals surface area contributed by atoms with E-state index in [4.69, 9.17) is 5.11 Å². The van der Waals surface area contributed by atoms with Crippen LogP contribution in [0.1, 0.15) is 15.9 Å². The van der Waals surface area contributed by atoms with Crippen molar-refractivity contribution in [2.45, 2.75) is 4.90 Å². The van der Waals surface area contributed by atoms with Crippen molar-refractivity contribution in [2.75, 3.05) is 18.2 Å². The number of carbonyl (C=O) groups is 1. The number of carbonyl (C=O) groups excluding carboxylic acids is 1. The lowest BCUT2D eigenvalue weighted by Crippen LogP contribution is -2.12. The summed E-state index contributed by atoms with van der Waals surface area (Å²) in [4.78, 5) is 13.3. The first-order valence-corrected chi connectivity index (χ1v) is 7.61. The largest absolute Gasteiger partial charge is 0.384 e. The number of hydrogen-bond acceptors (Lipinski definition) is 3. The van der Waals surface area contributed by atoms with Gasteiger partial charge in [0.15, 0.2) is 0 Å². The van der Waals surface area contributed by atoms with Gasteiger partial charge in [0, 0.05) is 16.0 Å². The van der Waals surface area contributed by atoms with Gasteiger partial charge in [-0.25, -0.2) is 0 Å². The maximum Gasteiger partial charge on any atom is 0.255 e. The first-order valence-electron chi connectivity index (χ1n) is 6.38. The number of hydrogen-bond donors (Lipinski definition) is 2. The van der Waals surface area contributed by atoms with E-state index in [1.54, 1.807) is 36.0 Å². The van der Waals surface area contributed by atoms with Crippen molar-refractivity contribution in [2.24, 2.45) is 0 Å². The van der Waals surface area contributed by atoms with E-state index in [-0.39, 0.29) is 12.5 Å². The Kier molecular flexibility index (Phi) is 5.44. The highest BCUT2D eigenvalue weighted by Crippen LogP contribution is 2.18. The molecule has 0 saturated carbocycles. The van der Waals surface area contributed by atoms with Crippen LogP contribution in [0.5, 0.6) is 0 Å². The normalized spacial score (nSPS) is 9.62. The second-order valence-corrected chi connectivity index (χ2v) is 5.07. The number of anilines is 1. The Hall–Kier alpha value is -2.22. The van der Waals surface area contributed by atoms with Gasteiger partial charge in [-0.05, 0) is 42.7 Å². The van der Waals surface area contributed by atoms with Crippen molar-refractivity contribution in [1.82, 2.24) is 0 Å². The molecule has 0 aliphatic carbocycles. The number of amides is 1. The van der Waals surface area contributed by atoms with Gasteiger partial charge in [0.2, 0.25) is 0 Å². The van der Waals surface area contributed by atoms with Gasteiger partial charge in [0.25, 0.3) is 5.91 Å². The van der Waals surface area contributed by atoms with Crippen LogP contribution in [0.4, 0.5) is 5.69 Å². The van der Waals surface area contributed by atoms with Crippen LogP contribution in [0.2, 0.25) is 0 Å². The van der Waals surface area contributed by atoms with Crippen LogP contribution in [0.3, 0.4) is 0 Å².